The van der Waals surface area contributed by atoms with Crippen molar-refractivity contribution >= 4 is 10.2 Å². The summed E-state index contributed by atoms with van der Waals surface area (Å²) in [7, 11) is -2.05. The van der Waals surface area contributed by atoms with Gasteiger partial charge in [0.25, 0.3) is 0 Å². The van der Waals surface area contributed by atoms with Crippen LogP contribution in [0.2, 0.25) is 0 Å². The summed E-state index contributed by atoms with van der Waals surface area (Å²) in [4.78, 5) is 7.47. The zero-order chi connectivity index (χ0) is 13.7. The van der Waals surface area contributed by atoms with Crippen LogP contribution in [0.1, 0.15) is 31.2 Å². The molecule has 1 aromatic carbocycles. The zero-order valence-corrected chi connectivity index (χ0v) is 11.9. The average Bonchev–Trinajstić information content (AvgIpc) is 2.91. The summed E-state index contributed by atoms with van der Waals surface area (Å²) in [5.74, 6) is 0. The molecule has 19 heavy (non-hydrogen) atoms. The van der Waals surface area contributed by atoms with Crippen molar-refractivity contribution in [2.45, 2.75) is 38.3 Å². The van der Waals surface area contributed by atoms with Crippen molar-refractivity contribution < 1.29 is 13.3 Å². The zero-order valence-electron chi connectivity index (χ0n) is 11.1. The van der Waals surface area contributed by atoms with Crippen LogP contribution >= 0.6 is 0 Å². The van der Waals surface area contributed by atoms with Gasteiger partial charge in [-0.05, 0) is 18.4 Å². The Kier molecular flexibility index (Phi) is 4.93. The van der Waals surface area contributed by atoms with E-state index in [4.69, 9.17) is 4.84 Å². The summed E-state index contributed by atoms with van der Waals surface area (Å²) in [6.45, 7) is 0.324. The molecule has 1 saturated carbocycles. The fourth-order valence-electron chi connectivity index (χ4n) is 2.12. The van der Waals surface area contributed by atoms with Crippen molar-refractivity contribution in [1.82, 2.24) is 9.19 Å². The van der Waals surface area contributed by atoms with Crippen molar-refractivity contribution in [1.29, 1.82) is 0 Å². The SMILES string of the molecule is CN(Cc1ccccc1)S(=O)(=O)NOC1CCCC1. The van der Waals surface area contributed by atoms with Gasteiger partial charge in [-0.1, -0.05) is 48.1 Å². The number of benzene rings is 1. The van der Waals surface area contributed by atoms with Crippen LogP contribution in [0.15, 0.2) is 30.3 Å². The van der Waals surface area contributed by atoms with Crippen LogP contribution in [0.3, 0.4) is 0 Å². The molecule has 0 aliphatic heterocycles. The maximum absolute atomic E-state index is 12.0. The molecule has 0 amide bonds. The van der Waals surface area contributed by atoms with E-state index in [1.165, 1.54) is 11.4 Å². The molecular formula is C13H20N2O3S. The summed E-state index contributed by atoms with van der Waals surface area (Å²) in [5, 5.41) is 0. The molecule has 2 rings (SSSR count). The van der Waals surface area contributed by atoms with Crippen molar-refractivity contribution in [3.8, 4) is 0 Å². The second kappa shape index (κ2) is 6.47. The van der Waals surface area contributed by atoms with E-state index in [1.807, 2.05) is 30.3 Å². The van der Waals surface area contributed by atoms with Crippen molar-refractivity contribution in [2.75, 3.05) is 7.05 Å². The van der Waals surface area contributed by atoms with Gasteiger partial charge in [-0.3, -0.25) is 4.84 Å². The van der Waals surface area contributed by atoms with Crippen LogP contribution in [0.4, 0.5) is 0 Å². The molecule has 106 valence electrons. The summed E-state index contributed by atoms with van der Waals surface area (Å²) in [6, 6.07) is 9.46. The monoisotopic (exact) mass is 284 g/mol. The standard InChI is InChI=1S/C13H20N2O3S/c1-15(11-12-7-3-2-4-8-12)19(16,17)14-18-13-9-5-6-10-13/h2-4,7-8,13-14H,5-6,9-11H2,1H3. The molecule has 0 spiro atoms. The molecular weight excluding hydrogens is 264 g/mol. The van der Waals surface area contributed by atoms with Crippen LogP contribution < -0.4 is 4.89 Å². The third-order valence-corrected chi connectivity index (χ3v) is 4.54. The lowest BCUT2D eigenvalue weighted by Gasteiger charge is -2.19. The van der Waals surface area contributed by atoms with Crippen LogP contribution in [-0.2, 0) is 21.6 Å². The lowest BCUT2D eigenvalue weighted by molar-refractivity contribution is 0.0193. The Morgan fingerprint density at radius 1 is 1.26 bits per heavy atom. The highest BCUT2D eigenvalue weighted by Gasteiger charge is 2.22. The van der Waals surface area contributed by atoms with E-state index in [1.54, 1.807) is 0 Å². The van der Waals surface area contributed by atoms with Crippen LogP contribution in [0.25, 0.3) is 0 Å². The Balaban J connectivity index is 1.87. The summed E-state index contributed by atoms with van der Waals surface area (Å²) in [5.41, 5.74) is 0.941. The highest BCUT2D eigenvalue weighted by molar-refractivity contribution is 7.86. The fraction of sp³-hybridized carbons (Fsp3) is 0.538. The van der Waals surface area contributed by atoms with Gasteiger partial charge in [0.2, 0.25) is 0 Å². The van der Waals surface area contributed by atoms with Crippen LogP contribution in [-0.4, -0.2) is 25.9 Å². The lowest BCUT2D eigenvalue weighted by atomic mass is 10.2. The van der Waals surface area contributed by atoms with E-state index >= 15 is 0 Å². The molecule has 0 heterocycles. The van der Waals surface area contributed by atoms with Gasteiger partial charge in [0.15, 0.2) is 0 Å². The highest BCUT2D eigenvalue weighted by atomic mass is 32.2. The second-order valence-corrected chi connectivity index (χ2v) is 6.59. The third-order valence-electron chi connectivity index (χ3n) is 3.28. The number of hydrogen-bond acceptors (Lipinski definition) is 3. The highest BCUT2D eigenvalue weighted by Crippen LogP contribution is 2.20. The van der Waals surface area contributed by atoms with Crippen LogP contribution in [0, 0.1) is 0 Å². The Labute approximate surface area is 114 Å². The maximum Gasteiger partial charge on any atom is 0.301 e. The molecule has 1 aromatic rings. The molecule has 1 N–H and O–H groups in total. The van der Waals surface area contributed by atoms with Gasteiger partial charge in [0.1, 0.15) is 0 Å². The van der Waals surface area contributed by atoms with Gasteiger partial charge in [-0.25, -0.2) is 0 Å². The van der Waals surface area contributed by atoms with Crippen molar-refractivity contribution in [3.05, 3.63) is 35.9 Å². The normalized spacial score (nSPS) is 17.2. The summed E-state index contributed by atoms with van der Waals surface area (Å²) in [6.07, 6.45) is 4.06. The Morgan fingerprint density at radius 3 is 2.53 bits per heavy atom. The number of nitrogens with zero attached hydrogens (tertiary/aromatic N) is 1. The van der Waals surface area contributed by atoms with E-state index in [-0.39, 0.29) is 6.10 Å². The van der Waals surface area contributed by atoms with E-state index in [2.05, 4.69) is 4.89 Å². The molecule has 0 aromatic heterocycles. The number of rotatable bonds is 6. The quantitative estimate of drug-likeness (QED) is 0.811. The largest absolute Gasteiger partial charge is 0.301 e. The smallest absolute Gasteiger partial charge is 0.283 e. The van der Waals surface area contributed by atoms with Gasteiger partial charge in [0, 0.05) is 13.6 Å². The first-order chi connectivity index (χ1) is 9.08. The number of nitrogens with one attached hydrogen (secondary N) is 1. The molecule has 0 bridgehead atoms. The summed E-state index contributed by atoms with van der Waals surface area (Å²) >= 11 is 0. The predicted octanol–water partition coefficient (Wildman–Crippen LogP) is 1.83. The van der Waals surface area contributed by atoms with Gasteiger partial charge in [-0.2, -0.15) is 12.7 Å². The minimum absolute atomic E-state index is 0.0138. The molecule has 1 fully saturated rings. The molecule has 0 atom stereocenters. The van der Waals surface area contributed by atoms with E-state index < -0.39 is 10.2 Å². The molecule has 0 unspecified atom stereocenters. The Hall–Kier alpha value is -0.950. The van der Waals surface area contributed by atoms with Crippen LogP contribution in [0.5, 0.6) is 0 Å². The van der Waals surface area contributed by atoms with Gasteiger partial charge in [0.05, 0.1) is 6.10 Å². The fourth-order valence-corrected chi connectivity index (χ4v) is 2.83. The van der Waals surface area contributed by atoms with Crippen molar-refractivity contribution in [3.63, 3.8) is 0 Å². The lowest BCUT2D eigenvalue weighted by Crippen LogP contribution is -2.39. The predicted molar refractivity (Wildman–Crippen MR) is 73.3 cm³/mol. The molecule has 1 aliphatic carbocycles. The second-order valence-electron chi connectivity index (χ2n) is 4.85. The van der Waals surface area contributed by atoms with E-state index in [0.29, 0.717) is 6.54 Å². The van der Waals surface area contributed by atoms with Crippen molar-refractivity contribution in [2.24, 2.45) is 0 Å². The van der Waals surface area contributed by atoms with Gasteiger partial charge >= 0.3 is 10.2 Å². The molecule has 1 aliphatic rings. The average molecular weight is 284 g/mol. The Bertz CT molecular complexity index is 484. The van der Waals surface area contributed by atoms with Gasteiger partial charge in [-0.15, -0.1) is 0 Å². The first kappa shape index (κ1) is 14.5. The topological polar surface area (TPSA) is 58.6 Å². The first-order valence-electron chi connectivity index (χ1n) is 6.50. The number of hydrogen-bond donors (Lipinski definition) is 1. The molecule has 0 radical (unpaired) electrons. The van der Waals surface area contributed by atoms with E-state index in [9.17, 15) is 8.42 Å². The Morgan fingerprint density at radius 2 is 1.89 bits per heavy atom. The molecule has 6 heteroatoms. The molecule has 5 nitrogen and oxygen atoms in total. The minimum Gasteiger partial charge on any atom is -0.283 e. The van der Waals surface area contributed by atoms with E-state index in [0.717, 1.165) is 31.2 Å². The summed E-state index contributed by atoms with van der Waals surface area (Å²) < 4.78 is 25.2. The maximum atomic E-state index is 12.0. The minimum atomic E-state index is -3.58. The first-order valence-corrected chi connectivity index (χ1v) is 7.94. The third kappa shape index (κ3) is 4.28. The molecule has 0 saturated heterocycles. The van der Waals surface area contributed by atoms with Gasteiger partial charge < -0.3 is 0 Å².